The molecule has 72 valence electrons. The Morgan fingerprint density at radius 3 is 1.92 bits per heavy atom. The van der Waals surface area contributed by atoms with Crippen LogP contribution in [0.4, 0.5) is 0 Å². The van der Waals surface area contributed by atoms with Crippen molar-refractivity contribution in [3.05, 3.63) is 0 Å². The molecule has 0 saturated carbocycles. The molecule has 2 unspecified atom stereocenters. The van der Waals surface area contributed by atoms with E-state index in [0.717, 1.165) is 11.3 Å². The molecule has 2 heteroatoms. The summed E-state index contributed by atoms with van der Waals surface area (Å²) in [5.41, 5.74) is 0. The number of hydrogen-bond donors (Lipinski definition) is 1. The van der Waals surface area contributed by atoms with Crippen LogP contribution in [0.15, 0.2) is 0 Å². The first-order chi connectivity index (χ1) is 5.76. The van der Waals surface area contributed by atoms with E-state index in [2.05, 4.69) is 30.8 Å². The van der Waals surface area contributed by atoms with E-state index >= 15 is 0 Å². The second-order valence-electron chi connectivity index (χ2n) is 2.33. The van der Waals surface area contributed by atoms with Gasteiger partial charge in [-0.3, -0.25) is 0 Å². The maximum Gasteiger partial charge on any atom is 0.0567 e. The van der Waals surface area contributed by atoms with Gasteiger partial charge in [-0.25, -0.2) is 0 Å². The molecule has 1 heterocycles. The van der Waals surface area contributed by atoms with E-state index < -0.39 is 0 Å². The molecule has 0 bridgehead atoms. The molecule has 1 aliphatic heterocycles. The van der Waals surface area contributed by atoms with Crippen LogP contribution < -0.4 is 5.32 Å². The highest BCUT2D eigenvalue weighted by atomic mass is 32.2. The average molecular weight is 187 g/mol. The molecule has 1 saturated heterocycles. The maximum absolute atomic E-state index is 4.60. The highest BCUT2D eigenvalue weighted by molar-refractivity contribution is 7.99. The topological polar surface area (TPSA) is 12.0 Å². The number of terminal acetylenes is 1. The van der Waals surface area contributed by atoms with Crippen LogP contribution in [0.2, 0.25) is 0 Å². The van der Waals surface area contributed by atoms with Crippen LogP contribution in [0.25, 0.3) is 0 Å². The quantitative estimate of drug-likeness (QED) is 0.633. The summed E-state index contributed by atoms with van der Waals surface area (Å²) in [6.45, 7) is 9.14. The minimum absolute atomic E-state index is 0.750. The van der Waals surface area contributed by atoms with E-state index in [1.807, 2.05) is 25.6 Å². The Labute approximate surface area is 81.7 Å². The van der Waals surface area contributed by atoms with Gasteiger partial charge in [0.1, 0.15) is 0 Å². The van der Waals surface area contributed by atoms with E-state index in [-0.39, 0.29) is 0 Å². The molecule has 1 aliphatic rings. The fourth-order valence-electron chi connectivity index (χ4n) is 0.765. The van der Waals surface area contributed by atoms with E-state index in [1.165, 1.54) is 6.54 Å². The van der Waals surface area contributed by atoms with Crippen LogP contribution in [0.3, 0.4) is 0 Å². The summed E-state index contributed by atoms with van der Waals surface area (Å²) >= 11 is 1.91. The lowest BCUT2D eigenvalue weighted by Gasteiger charge is -2.33. The lowest BCUT2D eigenvalue weighted by Crippen LogP contribution is -2.48. The first kappa shape index (κ1) is 14.4. The molecule has 0 spiro atoms. The Bertz CT molecular complexity index is 115. The van der Waals surface area contributed by atoms with Crippen LogP contribution >= 0.6 is 11.8 Å². The van der Waals surface area contributed by atoms with Gasteiger partial charge >= 0.3 is 0 Å². The third-order valence-electron chi connectivity index (χ3n) is 1.41. The second kappa shape index (κ2) is 10.9. The Hall–Kier alpha value is -0.130. The van der Waals surface area contributed by atoms with Crippen molar-refractivity contribution < 1.29 is 0 Å². The Morgan fingerprint density at radius 2 is 1.92 bits per heavy atom. The van der Waals surface area contributed by atoms with Gasteiger partial charge in [-0.1, -0.05) is 20.8 Å². The fourth-order valence-corrected chi connectivity index (χ4v) is 1.59. The van der Waals surface area contributed by atoms with E-state index in [0.29, 0.717) is 0 Å². The van der Waals surface area contributed by atoms with Crippen molar-refractivity contribution in [2.24, 2.45) is 5.92 Å². The van der Waals surface area contributed by atoms with Crippen LogP contribution in [-0.4, -0.2) is 18.2 Å². The van der Waals surface area contributed by atoms with Crippen molar-refractivity contribution in [2.45, 2.75) is 33.1 Å². The number of thioether (sulfide) groups is 1. The second-order valence-corrected chi connectivity index (χ2v) is 3.31. The van der Waals surface area contributed by atoms with E-state index in [4.69, 9.17) is 0 Å². The number of nitrogens with one attached hydrogen (secondary N) is 1. The minimum atomic E-state index is 0.750. The standard InChI is InChI=1S/C5H11NS.C3H4.C2H6/c1-4-3-6-5(4)7-2;1-3-2;1-2/h4-6H,3H2,1-2H3;1H,2H3;1-2H3. The summed E-state index contributed by atoms with van der Waals surface area (Å²) in [6, 6.07) is 0. The Balaban J connectivity index is 0. The van der Waals surface area contributed by atoms with Gasteiger partial charge in [-0.2, -0.15) is 0 Å². The summed E-state index contributed by atoms with van der Waals surface area (Å²) in [7, 11) is 0. The zero-order valence-electron chi connectivity index (χ0n) is 8.85. The molecular weight excluding hydrogens is 166 g/mol. The van der Waals surface area contributed by atoms with Gasteiger partial charge in [-0.05, 0) is 19.1 Å². The Kier molecular flexibility index (Phi) is 13.0. The van der Waals surface area contributed by atoms with Crippen LogP contribution in [-0.2, 0) is 0 Å². The number of rotatable bonds is 1. The Morgan fingerprint density at radius 1 is 1.50 bits per heavy atom. The van der Waals surface area contributed by atoms with Crippen molar-refractivity contribution in [3.63, 3.8) is 0 Å². The number of hydrogen-bond acceptors (Lipinski definition) is 2. The molecule has 0 aromatic carbocycles. The molecule has 0 aromatic heterocycles. The smallest absolute Gasteiger partial charge is 0.0567 e. The molecule has 0 aliphatic carbocycles. The molecule has 2 atom stereocenters. The van der Waals surface area contributed by atoms with Crippen LogP contribution in [0.5, 0.6) is 0 Å². The van der Waals surface area contributed by atoms with Gasteiger partial charge in [0.25, 0.3) is 0 Å². The first-order valence-corrected chi connectivity index (χ1v) is 5.68. The molecule has 0 amide bonds. The van der Waals surface area contributed by atoms with Gasteiger partial charge in [0.2, 0.25) is 0 Å². The predicted molar refractivity (Wildman–Crippen MR) is 60.3 cm³/mol. The monoisotopic (exact) mass is 187 g/mol. The minimum Gasteiger partial charge on any atom is -0.305 e. The van der Waals surface area contributed by atoms with E-state index in [1.54, 1.807) is 6.92 Å². The average Bonchev–Trinajstić information content (AvgIpc) is 2.08. The predicted octanol–water partition coefficient (Wildman–Crippen LogP) is 2.58. The van der Waals surface area contributed by atoms with Crippen molar-refractivity contribution in [3.8, 4) is 12.3 Å². The fraction of sp³-hybridized carbons (Fsp3) is 0.800. The molecule has 0 radical (unpaired) electrons. The summed E-state index contributed by atoms with van der Waals surface area (Å²) in [5.74, 6) is 3.15. The normalized spacial score (nSPS) is 24.7. The van der Waals surface area contributed by atoms with Gasteiger partial charge in [0.15, 0.2) is 0 Å². The lowest BCUT2D eigenvalue weighted by molar-refractivity contribution is 0.344. The van der Waals surface area contributed by atoms with Crippen molar-refractivity contribution in [1.82, 2.24) is 5.32 Å². The molecule has 1 N–H and O–H groups in total. The van der Waals surface area contributed by atoms with E-state index in [9.17, 15) is 0 Å². The zero-order valence-corrected chi connectivity index (χ0v) is 9.66. The largest absolute Gasteiger partial charge is 0.305 e. The van der Waals surface area contributed by atoms with Gasteiger partial charge < -0.3 is 5.32 Å². The molecule has 1 nitrogen and oxygen atoms in total. The zero-order chi connectivity index (χ0) is 9.98. The lowest BCUT2D eigenvalue weighted by atomic mass is 10.1. The summed E-state index contributed by atoms with van der Waals surface area (Å²) in [5, 5.41) is 4.06. The highest BCUT2D eigenvalue weighted by Crippen LogP contribution is 2.20. The molecule has 1 rings (SSSR count). The van der Waals surface area contributed by atoms with Gasteiger partial charge in [0.05, 0.1) is 5.37 Å². The third kappa shape index (κ3) is 6.57. The van der Waals surface area contributed by atoms with Crippen molar-refractivity contribution in [1.29, 1.82) is 0 Å². The SMILES string of the molecule is C#CC.CC.CSC1NCC1C. The van der Waals surface area contributed by atoms with Crippen LogP contribution in [0, 0.1) is 18.3 Å². The maximum atomic E-state index is 4.60. The summed E-state index contributed by atoms with van der Waals surface area (Å²) in [4.78, 5) is 0. The molecule has 1 fully saturated rings. The molecule has 0 aromatic rings. The third-order valence-corrected chi connectivity index (χ3v) is 2.55. The summed E-state index contributed by atoms with van der Waals surface area (Å²) < 4.78 is 0. The van der Waals surface area contributed by atoms with Crippen molar-refractivity contribution >= 4 is 11.8 Å². The molecule has 12 heavy (non-hydrogen) atoms. The summed E-state index contributed by atoms with van der Waals surface area (Å²) in [6.07, 6.45) is 6.74. The van der Waals surface area contributed by atoms with Crippen molar-refractivity contribution in [2.75, 3.05) is 12.8 Å². The first-order valence-electron chi connectivity index (χ1n) is 4.39. The van der Waals surface area contributed by atoms with Gasteiger partial charge in [-0.15, -0.1) is 24.1 Å². The van der Waals surface area contributed by atoms with Crippen LogP contribution in [0.1, 0.15) is 27.7 Å². The highest BCUT2D eigenvalue weighted by Gasteiger charge is 2.23. The molecular formula is C10H21NS. The van der Waals surface area contributed by atoms with Gasteiger partial charge in [0, 0.05) is 6.54 Å².